The van der Waals surface area contributed by atoms with E-state index in [0.717, 1.165) is 0 Å². The fourth-order valence-corrected chi connectivity index (χ4v) is 2.64. The molecular weight excluding hydrogens is 350 g/mol. The quantitative estimate of drug-likeness (QED) is 0.710. The standard InChI is InChI=1S/C17H16ClNO6/c1-2-25-12(20)8-7-11(17(23)24)19-14-13(18)15(21)9-5-3-4-6-10(9)16(14)22/h3-6,11,19H,2,7-8H2,1H3,(H,23,24). The maximum atomic E-state index is 12.5. The van der Waals surface area contributed by atoms with Gasteiger partial charge in [-0.05, 0) is 13.3 Å². The van der Waals surface area contributed by atoms with Gasteiger partial charge in [-0.25, -0.2) is 4.79 Å². The van der Waals surface area contributed by atoms with Gasteiger partial charge < -0.3 is 15.2 Å². The number of ketones is 2. The highest BCUT2D eigenvalue weighted by Gasteiger charge is 2.33. The Balaban J connectivity index is 2.22. The van der Waals surface area contributed by atoms with Gasteiger partial charge in [0.15, 0.2) is 0 Å². The number of fused-ring (bicyclic) bond motifs is 1. The molecule has 1 aromatic rings. The van der Waals surface area contributed by atoms with Gasteiger partial charge in [0.05, 0.1) is 6.61 Å². The molecule has 1 aliphatic rings. The summed E-state index contributed by atoms with van der Waals surface area (Å²) >= 11 is 5.98. The normalized spacial score (nSPS) is 14.8. The van der Waals surface area contributed by atoms with Gasteiger partial charge in [0, 0.05) is 17.5 Å². The van der Waals surface area contributed by atoms with Crippen LogP contribution in [-0.2, 0) is 14.3 Å². The highest BCUT2D eigenvalue weighted by molar-refractivity contribution is 6.49. The number of carbonyl (C=O) groups is 4. The topological polar surface area (TPSA) is 110 Å². The van der Waals surface area contributed by atoms with Crippen molar-refractivity contribution in [3.05, 3.63) is 46.1 Å². The van der Waals surface area contributed by atoms with Crippen LogP contribution in [0.1, 0.15) is 40.5 Å². The average Bonchev–Trinajstić information content (AvgIpc) is 2.59. The van der Waals surface area contributed by atoms with Crippen molar-refractivity contribution in [3.8, 4) is 0 Å². The number of carbonyl (C=O) groups excluding carboxylic acids is 3. The van der Waals surface area contributed by atoms with E-state index in [0.29, 0.717) is 0 Å². The number of aliphatic carboxylic acids is 1. The van der Waals surface area contributed by atoms with E-state index in [9.17, 15) is 24.3 Å². The number of hydrogen-bond donors (Lipinski definition) is 2. The molecule has 2 N–H and O–H groups in total. The molecule has 25 heavy (non-hydrogen) atoms. The highest BCUT2D eigenvalue weighted by atomic mass is 35.5. The van der Waals surface area contributed by atoms with Gasteiger partial charge in [-0.1, -0.05) is 35.9 Å². The molecule has 0 spiro atoms. The third-order valence-electron chi connectivity index (χ3n) is 3.62. The van der Waals surface area contributed by atoms with Crippen LogP contribution in [0.2, 0.25) is 0 Å². The van der Waals surface area contributed by atoms with E-state index in [1.807, 2.05) is 0 Å². The molecule has 2 rings (SSSR count). The van der Waals surface area contributed by atoms with Gasteiger partial charge in [0.2, 0.25) is 11.6 Å². The second kappa shape index (κ2) is 7.94. The number of nitrogens with one attached hydrogen (secondary N) is 1. The number of allylic oxidation sites excluding steroid dienone is 2. The van der Waals surface area contributed by atoms with E-state index in [1.54, 1.807) is 19.1 Å². The zero-order chi connectivity index (χ0) is 18.6. The minimum atomic E-state index is -1.28. The minimum absolute atomic E-state index is 0.120. The van der Waals surface area contributed by atoms with E-state index >= 15 is 0 Å². The fourth-order valence-electron chi connectivity index (χ4n) is 2.40. The number of carboxylic acids is 1. The molecule has 0 radical (unpaired) electrons. The van der Waals surface area contributed by atoms with E-state index in [-0.39, 0.29) is 41.3 Å². The molecule has 0 saturated heterocycles. The molecule has 0 aliphatic heterocycles. The maximum absolute atomic E-state index is 12.5. The summed E-state index contributed by atoms with van der Waals surface area (Å²) in [7, 11) is 0. The second-order valence-electron chi connectivity index (χ2n) is 5.27. The number of carboxylic acid groups (broad SMARTS) is 1. The van der Waals surface area contributed by atoms with Crippen LogP contribution in [0.25, 0.3) is 0 Å². The van der Waals surface area contributed by atoms with E-state index in [4.69, 9.17) is 16.3 Å². The largest absolute Gasteiger partial charge is 0.480 e. The summed E-state index contributed by atoms with van der Waals surface area (Å²) in [6.07, 6.45) is -0.271. The molecule has 0 aromatic heterocycles. The Morgan fingerprint density at radius 3 is 2.36 bits per heavy atom. The first-order valence-electron chi connectivity index (χ1n) is 7.60. The van der Waals surface area contributed by atoms with Gasteiger partial charge >= 0.3 is 11.9 Å². The first kappa shape index (κ1) is 18.7. The predicted molar refractivity (Wildman–Crippen MR) is 88.4 cm³/mol. The number of Topliss-reactive ketones (excluding diaryl/α,β-unsaturated/α-hetero) is 2. The molecule has 1 aromatic carbocycles. The minimum Gasteiger partial charge on any atom is -0.480 e. The number of halogens is 1. The van der Waals surface area contributed by atoms with Gasteiger partial charge in [0.25, 0.3) is 0 Å². The van der Waals surface area contributed by atoms with Gasteiger partial charge in [0.1, 0.15) is 16.8 Å². The van der Waals surface area contributed by atoms with Crippen molar-refractivity contribution in [1.29, 1.82) is 0 Å². The van der Waals surface area contributed by atoms with Crippen LogP contribution in [0.3, 0.4) is 0 Å². The van der Waals surface area contributed by atoms with Gasteiger partial charge in [-0.3, -0.25) is 14.4 Å². The van der Waals surface area contributed by atoms with Crippen LogP contribution < -0.4 is 5.32 Å². The Kier molecular flexibility index (Phi) is 5.93. The van der Waals surface area contributed by atoms with Crippen LogP contribution in [-0.4, -0.2) is 41.3 Å². The van der Waals surface area contributed by atoms with E-state index in [2.05, 4.69) is 5.32 Å². The van der Waals surface area contributed by atoms with Crippen molar-refractivity contribution in [2.45, 2.75) is 25.8 Å². The van der Waals surface area contributed by atoms with Crippen LogP contribution in [0.5, 0.6) is 0 Å². The lowest BCUT2D eigenvalue weighted by Gasteiger charge is -2.22. The van der Waals surface area contributed by atoms with E-state index < -0.39 is 29.5 Å². The molecule has 0 saturated carbocycles. The summed E-state index contributed by atoms with van der Waals surface area (Å²) in [5.41, 5.74) is 0.0389. The lowest BCUT2D eigenvalue weighted by atomic mass is 9.92. The molecule has 132 valence electrons. The van der Waals surface area contributed by atoms with Crippen LogP contribution in [0.15, 0.2) is 35.0 Å². The molecule has 1 unspecified atom stereocenters. The third kappa shape index (κ3) is 4.06. The summed E-state index contributed by atoms with van der Waals surface area (Å²) in [6.45, 7) is 1.82. The number of benzene rings is 1. The summed E-state index contributed by atoms with van der Waals surface area (Å²) in [5, 5.41) is 11.4. The summed E-state index contributed by atoms with van der Waals surface area (Å²) in [5.74, 6) is -2.95. The Bertz CT molecular complexity index is 770. The highest BCUT2D eigenvalue weighted by Crippen LogP contribution is 2.27. The lowest BCUT2D eigenvalue weighted by molar-refractivity contribution is -0.144. The molecule has 0 fully saturated rings. The zero-order valence-electron chi connectivity index (χ0n) is 13.4. The van der Waals surface area contributed by atoms with Crippen molar-refractivity contribution in [2.24, 2.45) is 0 Å². The molecule has 0 amide bonds. The zero-order valence-corrected chi connectivity index (χ0v) is 14.1. The van der Waals surface area contributed by atoms with Crippen molar-refractivity contribution >= 4 is 35.1 Å². The number of hydrogen-bond acceptors (Lipinski definition) is 6. The molecule has 8 heteroatoms. The molecule has 1 aliphatic carbocycles. The Hall–Kier alpha value is -2.67. The smallest absolute Gasteiger partial charge is 0.326 e. The van der Waals surface area contributed by atoms with Crippen molar-refractivity contribution in [3.63, 3.8) is 0 Å². The average molecular weight is 366 g/mol. The Labute approximate surface area is 148 Å². The van der Waals surface area contributed by atoms with Crippen molar-refractivity contribution in [1.82, 2.24) is 5.32 Å². The molecular formula is C17H16ClNO6. The van der Waals surface area contributed by atoms with Crippen molar-refractivity contribution in [2.75, 3.05) is 6.61 Å². The fraction of sp³-hybridized carbons (Fsp3) is 0.294. The Morgan fingerprint density at radius 1 is 1.20 bits per heavy atom. The van der Waals surface area contributed by atoms with Gasteiger partial charge in [-0.2, -0.15) is 0 Å². The molecule has 1 atom stereocenters. The molecule has 7 nitrogen and oxygen atoms in total. The summed E-state index contributed by atoms with van der Waals surface area (Å²) < 4.78 is 4.75. The number of ether oxygens (including phenoxy) is 1. The Morgan fingerprint density at radius 2 is 1.80 bits per heavy atom. The first-order valence-corrected chi connectivity index (χ1v) is 7.97. The second-order valence-corrected chi connectivity index (χ2v) is 5.65. The molecule has 0 bridgehead atoms. The van der Waals surface area contributed by atoms with Crippen LogP contribution in [0, 0.1) is 0 Å². The van der Waals surface area contributed by atoms with Gasteiger partial charge in [-0.15, -0.1) is 0 Å². The maximum Gasteiger partial charge on any atom is 0.326 e. The predicted octanol–water partition coefficient (Wildman–Crippen LogP) is 1.90. The monoisotopic (exact) mass is 365 g/mol. The summed E-state index contributed by atoms with van der Waals surface area (Å²) in [4.78, 5) is 47.6. The summed E-state index contributed by atoms with van der Waals surface area (Å²) in [6, 6.07) is 4.87. The van der Waals surface area contributed by atoms with Crippen LogP contribution >= 0.6 is 11.6 Å². The van der Waals surface area contributed by atoms with Crippen LogP contribution in [0.4, 0.5) is 0 Å². The number of rotatable bonds is 7. The molecule has 0 heterocycles. The van der Waals surface area contributed by atoms with E-state index in [1.165, 1.54) is 12.1 Å². The first-order chi connectivity index (χ1) is 11.9. The lowest BCUT2D eigenvalue weighted by Crippen LogP contribution is -2.41. The van der Waals surface area contributed by atoms with Crippen molar-refractivity contribution < 1.29 is 29.0 Å². The number of esters is 1. The third-order valence-corrected chi connectivity index (χ3v) is 3.98. The SMILES string of the molecule is CCOC(=O)CCC(NC1=C(Cl)C(=O)c2ccccc2C1=O)C(=O)O.